The Morgan fingerprint density at radius 1 is 1.29 bits per heavy atom. The lowest BCUT2D eigenvalue weighted by Crippen LogP contribution is -2.47. The van der Waals surface area contributed by atoms with Crippen molar-refractivity contribution in [3.63, 3.8) is 0 Å². The lowest BCUT2D eigenvalue weighted by molar-refractivity contribution is -0.153. The Hall–Kier alpha value is -2.10. The van der Waals surface area contributed by atoms with E-state index in [0.717, 1.165) is 24.0 Å². The first-order valence-electron chi connectivity index (χ1n) is 7.25. The molecule has 0 saturated carbocycles. The van der Waals surface area contributed by atoms with Crippen LogP contribution in [-0.2, 0) is 14.3 Å². The summed E-state index contributed by atoms with van der Waals surface area (Å²) in [6.07, 6.45) is 5.91. The molecule has 0 spiro atoms. The van der Waals surface area contributed by atoms with E-state index in [4.69, 9.17) is 4.74 Å². The van der Waals surface area contributed by atoms with Crippen LogP contribution < -0.4 is 0 Å². The minimum atomic E-state index is -0.447. The van der Waals surface area contributed by atoms with Gasteiger partial charge in [0.25, 0.3) is 0 Å². The van der Waals surface area contributed by atoms with E-state index in [1.807, 2.05) is 31.2 Å². The minimum Gasteiger partial charge on any atom is -0.467 e. The van der Waals surface area contributed by atoms with Crippen LogP contribution in [0.2, 0.25) is 0 Å². The van der Waals surface area contributed by atoms with Gasteiger partial charge in [-0.15, -0.1) is 0 Å². The maximum atomic E-state index is 12.3. The third kappa shape index (κ3) is 3.72. The molecule has 1 heterocycles. The molecule has 0 radical (unpaired) electrons. The molecule has 1 fully saturated rings. The monoisotopic (exact) mass is 287 g/mol. The summed E-state index contributed by atoms with van der Waals surface area (Å²) >= 11 is 0. The Morgan fingerprint density at radius 3 is 2.76 bits per heavy atom. The third-order valence-electron chi connectivity index (χ3n) is 3.85. The molecule has 1 aromatic rings. The van der Waals surface area contributed by atoms with Crippen LogP contribution in [0.1, 0.15) is 30.4 Å². The second-order valence-electron chi connectivity index (χ2n) is 5.26. The number of esters is 1. The van der Waals surface area contributed by atoms with Gasteiger partial charge in [-0.3, -0.25) is 4.79 Å². The molecule has 112 valence electrons. The molecule has 0 aliphatic carbocycles. The number of likely N-dealkylation sites (tertiary alicyclic amines) is 1. The molecule has 0 aromatic heterocycles. The summed E-state index contributed by atoms with van der Waals surface area (Å²) in [4.78, 5) is 25.7. The number of amides is 1. The summed E-state index contributed by atoms with van der Waals surface area (Å²) in [5.74, 6) is -0.458. The smallest absolute Gasteiger partial charge is 0.328 e. The summed E-state index contributed by atoms with van der Waals surface area (Å²) in [7, 11) is 1.36. The Balaban J connectivity index is 2.11. The number of piperidine rings is 1. The summed E-state index contributed by atoms with van der Waals surface area (Å²) in [6.45, 7) is 2.61. The van der Waals surface area contributed by atoms with E-state index in [1.54, 1.807) is 17.1 Å². The second kappa shape index (κ2) is 7.07. The predicted molar refractivity (Wildman–Crippen MR) is 81.6 cm³/mol. The summed E-state index contributed by atoms with van der Waals surface area (Å²) in [5, 5.41) is 0. The molecule has 1 amide bonds. The fourth-order valence-corrected chi connectivity index (χ4v) is 2.61. The van der Waals surface area contributed by atoms with Crippen LogP contribution in [-0.4, -0.2) is 36.5 Å². The highest BCUT2D eigenvalue weighted by Crippen LogP contribution is 2.19. The van der Waals surface area contributed by atoms with Crippen molar-refractivity contribution >= 4 is 18.0 Å². The molecule has 1 aliphatic rings. The SMILES string of the molecule is COC(=O)C1CCCCN1C(=O)/C=C/c1ccccc1C. The number of benzene rings is 1. The van der Waals surface area contributed by atoms with Gasteiger partial charge in [-0.2, -0.15) is 0 Å². The topological polar surface area (TPSA) is 46.6 Å². The van der Waals surface area contributed by atoms with Crippen molar-refractivity contribution in [2.24, 2.45) is 0 Å². The van der Waals surface area contributed by atoms with Crippen molar-refractivity contribution in [1.29, 1.82) is 0 Å². The Bertz CT molecular complexity index is 551. The molecule has 1 aromatic carbocycles. The standard InChI is InChI=1S/C17H21NO3/c1-13-7-3-4-8-14(13)10-11-16(19)18-12-6-5-9-15(18)17(20)21-2/h3-4,7-8,10-11,15H,5-6,9,12H2,1-2H3/b11-10+. The zero-order valence-electron chi connectivity index (χ0n) is 12.5. The molecule has 0 N–H and O–H groups in total. The fraction of sp³-hybridized carbons (Fsp3) is 0.412. The van der Waals surface area contributed by atoms with E-state index in [-0.39, 0.29) is 11.9 Å². The third-order valence-corrected chi connectivity index (χ3v) is 3.85. The van der Waals surface area contributed by atoms with Gasteiger partial charge >= 0.3 is 5.97 Å². The van der Waals surface area contributed by atoms with Crippen LogP contribution in [0.25, 0.3) is 6.08 Å². The van der Waals surface area contributed by atoms with E-state index < -0.39 is 6.04 Å². The Kier molecular flexibility index (Phi) is 5.14. The second-order valence-corrected chi connectivity index (χ2v) is 5.26. The Labute approximate surface area is 125 Å². The quantitative estimate of drug-likeness (QED) is 0.634. The van der Waals surface area contributed by atoms with Crippen molar-refractivity contribution in [3.05, 3.63) is 41.5 Å². The lowest BCUT2D eigenvalue weighted by atomic mass is 10.0. The van der Waals surface area contributed by atoms with Gasteiger partial charge in [-0.1, -0.05) is 24.3 Å². The highest BCUT2D eigenvalue weighted by Gasteiger charge is 2.31. The average Bonchev–Trinajstić information content (AvgIpc) is 2.53. The van der Waals surface area contributed by atoms with Crippen LogP contribution in [0.4, 0.5) is 0 Å². The van der Waals surface area contributed by atoms with Crippen LogP contribution in [0.3, 0.4) is 0 Å². The molecule has 1 unspecified atom stereocenters. The molecule has 1 saturated heterocycles. The summed E-state index contributed by atoms with van der Waals surface area (Å²) in [6, 6.07) is 7.43. The number of ether oxygens (including phenoxy) is 1. The van der Waals surface area contributed by atoms with Crippen LogP contribution in [0.15, 0.2) is 30.3 Å². The fourth-order valence-electron chi connectivity index (χ4n) is 2.61. The number of carbonyl (C=O) groups is 2. The number of rotatable bonds is 3. The number of aryl methyl sites for hydroxylation is 1. The molecule has 4 heteroatoms. The first-order chi connectivity index (χ1) is 10.1. The van der Waals surface area contributed by atoms with Crippen molar-refractivity contribution in [2.45, 2.75) is 32.2 Å². The summed E-state index contributed by atoms with van der Waals surface area (Å²) < 4.78 is 4.80. The van der Waals surface area contributed by atoms with Gasteiger partial charge in [-0.25, -0.2) is 4.79 Å². The first kappa shape index (κ1) is 15.3. The van der Waals surface area contributed by atoms with Gasteiger partial charge in [0.1, 0.15) is 6.04 Å². The number of carbonyl (C=O) groups excluding carboxylic acids is 2. The number of hydrogen-bond donors (Lipinski definition) is 0. The Morgan fingerprint density at radius 2 is 2.05 bits per heavy atom. The van der Waals surface area contributed by atoms with Gasteiger partial charge in [0, 0.05) is 12.6 Å². The van der Waals surface area contributed by atoms with Crippen molar-refractivity contribution in [2.75, 3.05) is 13.7 Å². The van der Waals surface area contributed by atoms with Crippen molar-refractivity contribution < 1.29 is 14.3 Å². The van der Waals surface area contributed by atoms with Crippen molar-refractivity contribution in [3.8, 4) is 0 Å². The first-order valence-corrected chi connectivity index (χ1v) is 7.25. The van der Waals surface area contributed by atoms with Crippen LogP contribution in [0, 0.1) is 6.92 Å². The van der Waals surface area contributed by atoms with E-state index in [2.05, 4.69) is 0 Å². The van der Waals surface area contributed by atoms with E-state index in [9.17, 15) is 9.59 Å². The summed E-state index contributed by atoms with van der Waals surface area (Å²) in [5.41, 5.74) is 2.13. The number of hydrogen-bond acceptors (Lipinski definition) is 3. The van der Waals surface area contributed by atoms with E-state index in [1.165, 1.54) is 7.11 Å². The molecule has 2 rings (SSSR count). The molecule has 4 nitrogen and oxygen atoms in total. The van der Waals surface area contributed by atoms with Gasteiger partial charge in [0.2, 0.25) is 5.91 Å². The molecule has 1 aliphatic heterocycles. The maximum absolute atomic E-state index is 12.3. The van der Waals surface area contributed by atoms with Gasteiger partial charge in [0.15, 0.2) is 0 Å². The lowest BCUT2D eigenvalue weighted by Gasteiger charge is -2.32. The number of nitrogens with zero attached hydrogens (tertiary/aromatic N) is 1. The van der Waals surface area contributed by atoms with Gasteiger partial charge in [-0.05, 0) is 43.4 Å². The highest BCUT2D eigenvalue weighted by molar-refractivity contribution is 5.94. The van der Waals surface area contributed by atoms with Gasteiger partial charge < -0.3 is 9.64 Å². The molecule has 1 atom stereocenters. The van der Waals surface area contributed by atoms with E-state index in [0.29, 0.717) is 13.0 Å². The predicted octanol–water partition coefficient (Wildman–Crippen LogP) is 2.56. The van der Waals surface area contributed by atoms with Crippen molar-refractivity contribution in [1.82, 2.24) is 4.90 Å². The maximum Gasteiger partial charge on any atom is 0.328 e. The zero-order chi connectivity index (χ0) is 15.2. The minimum absolute atomic E-state index is 0.131. The van der Waals surface area contributed by atoms with E-state index >= 15 is 0 Å². The molecule has 21 heavy (non-hydrogen) atoms. The van der Waals surface area contributed by atoms with Crippen LogP contribution in [0.5, 0.6) is 0 Å². The highest BCUT2D eigenvalue weighted by atomic mass is 16.5. The average molecular weight is 287 g/mol. The van der Waals surface area contributed by atoms with Crippen LogP contribution >= 0.6 is 0 Å². The zero-order valence-corrected chi connectivity index (χ0v) is 12.5. The molecule has 0 bridgehead atoms. The normalized spacial score (nSPS) is 18.8. The number of methoxy groups -OCH3 is 1. The largest absolute Gasteiger partial charge is 0.467 e. The molecular weight excluding hydrogens is 266 g/mol. The molecular formula is C17H21NO3. The van der Waals surface area contributed by atoms with Gasteiger partial charge in [0.05, 0.1) is 7.11 Å².